The minimum Gasteiger partial charge on any atom is -0.324 e. The third-order valence-electron chi connectivity index (χ3n) is 5.27. The maximum absolute atomic E-state index is 12.7. The summed E-state index contributed by atoms with van der Waals surface area (Å²) in [5.74, 6) is -0.327. The van der Waals surface area contributed by atoms with E-state index in [-0.39, 0.29) is 18.0 Å². The van der Waals surface area contributed by atoms with Gasteiger partial charge < -0.3 is 5.32 Å². The van der Waals surface area contributed by atoms with E-state index in [4.69, 9.17) is 0 Å². The molecule has 6 nitrogen and oxygen atoms in total. The van der Waals surface area contributed by atoms with E-state index in [1.165, 1.54) is 10.7 Å². The lowest BCUT2D eigenvalue weighted by Gasteiger charge is -2.09. The van der Waals surface area contributed by atoms with E-state index in [1.54, 1.807) is 17.4 Å². The van der Waals surface area contributed by atoms with E-state index >= 15 is 0 Å². The minimum absolute atomic E-state index is 0.180. The van der Waals surface area contributed by atoms with E-state index in [1.807, 2.05) is 79.0 Å². The summed E-state index contributed by atoms with van der Waals surface area (Å²) < 4.78 is 1.19. The van der Waals surface area contributed by atoms with Crippen molar-refractivity contribution in [2.45, 2.75) is 13.5 Å². The van der Waals surface area contributed by atoms with Crippen LogP contribution in [-0.2, 0) is 11.3 Å². The lowest BCUT2D eigenvalue weighted by Crippen LogP contribution is -2.29. The van der Waals surface area contributed by atoms with Gasteiger partial charge in [-0.1, -0.05) is 48.5 Å². The predicted molar refractivity (Wildman–Crippen MR) is 132 cm³/mol. The monoisotopic (exact) mass is 452 g/mol. The lowest BCUT2D eigenvalue weighted by atomic mass is 10.1. The molecule has 0 radical (unpaired) electrons. The molecular formula is C26H20N4O2S. The molecule has 0 aliphatic rings. The number of fused-ring (bicyclic) bond motifs is 1. The number of thiazole rings is 1. The quantitative estimate of drug-likeness (QED) is 0.401. The highest BCUT2D eigenvalue weighted by Crippen LogP contribution is 2.24. The number of carbonyl (C=O) groups excluding carboxylic acids is 1. The Balaban J connectivity index is 1.36. The number of aromatic nitrogens is 3. The molecule has 5 rings (SSSR count). The van der Waals surface area contributed by atoms with Gasteiger partial charge in [-0.05, 0) is 42.0 Å². The molecule has 0 saturated heterocycles. The molecule has 7 heteroatoms. The van der Waals surface area contributed by atoms with Gasteiger partial charge in [-0.3, -0.25) is 9.59 Å². The molecule has 0 spiro atoms. The number of aryl methyl sites for hydroxylation is 1. The Morgan fingerprint density at radius 3 is 2.55 bits per heavy atom. The minimum atomic E-state index is -0.332. The van der Waals surface area contributed by atoms with Crippen molar-refractivity contribution >= 4 is 33.7 Å². The van der Waals surface area contributed by atoms with Gasteiger partial charge in [-0.25, -0.2) is 9.67 Å². The van der Waals surface area contributed by atoms with E-state index in [9.17, 15) is 9.59 Å². The zero-order valence-electron chi connectivity index (χ0n) is 17.9. The van der Waals surface area contributed by atoms with Crippen LogP contribution in [-0.4, -0.2) is 20.7 Å². The van der Waals surface area contributed by atoms with E-state index in [0.717, 1.165) is 32.6 Å². The molecule has 33 heavy (non-hydrogen) atoms. The van der Waals surface area contributed by atoms with E-state index in [2.05, 4.69) is 15.4 Å². The third-order valence-corrected chi connectivity index (χ3v) is 6.04. The average Bonchev–Trinajstić information content (AvgIpc) is 3.27. The standard InChI is InChI=1S/C26H20N4O2S/c1-17-27-24(16-33-17)20-7-4-8-22(14-20)28-25(31)15-30-26(32)12-11-23(29-30)21-10-9-18-5-2-3-6-19(18)13-21/h2-14,16H,15H2,1H3,(H,28,31). The molecule has 1 amide bonds. The van der Waals surface area contributed by atoms with Crippen molar-refractivity contribution in [2.75, 3.05) is 5.32 Å². The number of nitrogens with one attached hydrogen (secondary N) is 1. The first-order valence-corrected chi connectivity index (χ1v) is 11.3. The van der Waals surface area contributed by atoms with Gasteiger partial charge in [0.25, 0.3) is 5.56 Å². The SMILES string of the molecule is Cc1nc(-c2cccc(NC(=O)Cn3nc(-c4ccc5ccccc5c4)ccc3=O)c2)cs1. The van der Waals surface area contributed by atoms with Crippen molar-refractivity contribution in [1.82, 2.24) is 14.8 Å². The van der Waals surface area contributed by atoms with Crippen molar-refractivity contribution in [3.05, 3.63) is 99.6 Å². The van der Waals surface area contributed by atoms with Gasteiger partial charge in [-0.2, -0.15) is 5.10 Å². The summed E-state index contributed by atoms with van der Waals surface area (Å²) in [4.78, 5) is 29.5. The van der Waals surface area contributed by atoms with Crippen LogP contribution in [0.3, 0.4) is 0 Å². The summed E-state index contributed by atoms with van der Waals surface area (Å²) in [5, 5.41) is 12.5. The average molecular weight is 453 g/mol. The van der Waals surface area contributed by atoms with Gasteiger partial charge in [0.1, 0.15) is 6.54 Å². The number of anilines is 1. The van der Waals surface area contributed by atoms with Crippen molar-refractivity contribution in [3.8, 4) is 22.5 Å². The lowest BCUT2D eigenvalue weighted by molar-refractivity contribution is -0.117. The topological polar surface area (TPSA) is 76.9 Å². The molecule has 162 valence electrons. The summed E-state index contributed by atoms with van der Waals surface area (Å²) in [6.45, 7) is 1.77. The Bertz CT molecular complexity index is 1540. The number of hydrogen-bond donors (Lipinski definition) is 1. The summed E-state index contributed by atoms with van der Waals surface area (Å²) >= 11 is 1.58. The maximum atomic E-state index is 12.7. The van der Waals surface area contributed by atoms with Crippen LogP contribution in [0, 0.1) is 6.92 Å². The van der Waals surface area contributed by atoms with Gasteiger partial charge in [0, 0.05) is 28.3 Å². The first-order chi connectivity index (χ1) is 16.0. The molecule has 3 aromatic carbocycles. The second-order valence-electron chi connectivity index (χ2n) is 7.66. The van der Waals surface area contributed by atoms with Crippen LogP contribution in [0.4, 0.5) is 5.69 Å². The number of carbonyl (C=O) groups is 1. The zero-order chi connectivity index (χ0) is 22.8. The highest BCUT2D eigenvalue weighted by molar-refractivity contribution is 7.09. The van der Waals surface area contributed by atoms with Crippen molar-refractivity contribution < 1.29 is 4.79 Å². The fourth-order valence-electron chi connectivity index (χ4n) is 3.65. The molecule has 0 unspecified atom stereocenters. The van der Waals surface area contributed by atoms with Crippen LogP contribution in [0.25, 0.3) is 33.3 Å². The van der Waals surface area contributed by atoms with Crippen molar-refractivity contribution in [2.24, 2.45) is 0 Å². The molecule has 2 aromatic heterocycles. The first-order valence-electron chi connectivity index (χ1n) is 10.4. The maximum Gasteiger partial charge on any atom is 0.267 e. The number of benzene rings is 3. The molecule has 0 saturated carbocycles. The van der Waals surface area contributed by atoms with Crippen LogP contribution in [0.2, 0.25) is 0 Å². The number of rotatable bonds is 5. The molecule has 1 N–H and O–H groups in total. The highest BCUT2D eigenvalue weighted by Gasteiger charge is 2.10. The fourth-order valence-corrected chi connectivity index (χ4v) is 4.28. The number of hydrogen-bond acceptors (Lipinski definition) is 5. The Morgan fingerprint density at radius 2 is 1.73 bits per heavy atom. The van der Waals surface area contributed by atoms with Crippen molar-refractivity contribution in [3.63, 3.8) is 0 Å². The molecule has 0 aliphatic heterocycles. The van der Waals surface area contributed by atoms with Crippen LogP contribution >= 0.6 is 11.3 Å². The largest absolute Gasteiger partial charge is 0.324 e. The second-order valence-corrected chi connectivity index (χ2v) is 8.72. The number of amides is 1. The zero-order valence-corrected chi connectivity index (χ0v) is 18.7. The Morgan fingerprint density at radius 1 is 0.909 bits per heavy atom. The van der Waals surface area contributed by atoms with Crippen LogP contribution < -0.4 is 10.9 Å². The summed E-state index contributed by atoms with van der Waals surface area (Å²) in [7, 11) is 0. The van der Waals surface area contributed by atoms with Gasteiger partial charge in [0.05, 0.1) is 16.4 Å². The molecule has 0 aliphatic carbocycles. The van der Waals surface area contributed by atoms with E-state index in [0.29, 0.717) is 11.4 Å². The third kappa shape index (κ3) is 4.58. The van der Waals surface area contributed by atoms with E-state index < -0.39 is 0 Å². The Kier molecular flexibility index (Phi) is 5.54. The molecular weight excluding hydrogens is 432 g/mol. The van der Waals surface area contributed by atoms with Gasteiger partial charge >= 0.3 is 0 Å². The first kappa shape index (κ1) is 20.8. The number of nitrogens with zero attached hydrogens (tertiary/aromatic N) is 3. The second kappa shape index (κ2) is 8.80. The molecule has 5 aromatic rings. The van der Waals surface area contributed by atoms with Crippen LogP contribution in [0.1, 0.15) is 5.01 Å². The van der Waals surface area contributed by atoms with Crippen LogP contribution in [0.5, 0.6) is 0 Å². The highest BCUT2D eigenvalue weighted by atomic mass is 32.1. The van der Waals surface area contributed by atoms with Gasteiger partial charge in [-0.15, -0.1) is 11.3 Å². The Labute approximate surface area is 194 Å². The molecule has 0 bridgehead atoms. The Hall–Kier alpha value is -4.10. The van der Waals surface area contributed by atoms with Gasteiger partial charge in [0.15, 0.2) is 0 Å². The predicted octanol–water partition coefficient (Wildman–Crippen LogP) is 5.13. The van der Waals surface area contributed by atoms with Crippen molar-refractivity contribution in [1.29, 1.82) is 0 Å². The van der Waals surface area contributed by atoms with Crippen LogP contribution in [0.15, 0.2) is 89.0 Å². The smallest absolute Gasteiger partial charge is 0.267 e. The fraction of sp³-hybridized carbons (Fsp3) is 0.0769. The van der Waals surface area contributed by atoms with Gasteiger partial charge in [0.2, 0.25) is 5.91 Å². The summed E-state index contributed by atoms with van der Waals surface area (Å²) in [6, 6.07) is 24.7. The summed E-state index contributed by atoms with van der Waals surface area (Å²) in [6.07, 6.45) is 0. The molecule has 0 fully saturated rings. The molecule has 2 heterocycles. The summed E-state index contributed by atoms with van der Waals surface area (Å²) in [5.41, 5.74) is 3.62. The normalized spacial score (nSPS) is 10.9. The molecule has 0 atom stereocenters.